The first-order chi connectivity index (χ1) is 8.71. The molecule has 0 bridgehead atoms. The van der Waals surface area contributed by atoms with Crippen LogP contribution in [0.15, 0.2) is 30.3 Å². The van der Waals surface area contributed by atoms with Gasteiger partial charge in [-0.15, -0.1) is 0 Å². The number of carbonyl (C=O) groups is 2. The predicted octanol–water partition coefficient (Wildman–Crippen LogP) is 0.925. The quantitative estimate of drug-likeness (QED) is 0.787. The van der Waals surface area contributed by atoms with Crippen molar-refractivity contribution < 1.29 is 9.59 Å². The zero-order valence-electron chi connectivity index (χ0n) is 10.2. The average Bonchev–Trinajstić information content (AvgIpc) is 2.34. The highest BCUT2D eigenvalue weighted by Gasteiger charge is 2.50. The number of benzene rings is 1. The third-order valence-corrected chi connectivity index (χ3v) is 3.93. The maximum absolute atomic E-state index is 12.4. The van der Waals surface area contributed by atoms with Crippen molar-refractivity contribution in [2.45, 2.75) is 19.4 Å². The summed E-state index contributed by atoms with van der Waals surface area (Å²) in [4.78, 5) is 25.8. The largest absolute Gasteiger partial charge is 0.314 e. The van der Waals surface area contributed by atoms with E-state index in [2.05, 4.69) is 5.32 Å². The minimum atomic E-state index is -0.303. The maximum atomic E-state index is 12.4. The zero-order valence-corrected chi connectivity index (χ0v) is 10.2. The molecule has 1 aromatic carbocycles. The zero-order chi connectivity index (χ0) is 12.6. The lowest BCUT2D eigenvalue weighted by Crippen LogP contribution is -2.65. The van der Waals surface area contributed by atoms with Gasteiger partial charge in [0, 0.05) is 19.5 Å². The number of rotatable bonds is 2. The minimum absolute atomic E-state index is 0.00125. The van der Waals surface area contributed by atoms with E-state index < -0.39 is 0 Å². The summed E-state index contributed by atoms with van der Waals surface area (Å²) in [7, 11) is 0. The Morgan fingerprint density at radius 3 is 2.50 bits per heavy atom. The molecule has 94 valence electrons. The first-order valence-corrected chi connectivity index (χ1v) is 6.31. The van der Waals surface area contributed by atoms with E-state index in [0.29, 0.717) is 32.5 Å². The van der Waals surface area contributed by atoms with Crippen LogP contribution in [-0.2, 0) is 16.1 Å². The van der Waals surface area contributed by atoms with Gasteiger partial charge in [-0.2, -0.15) is 0 Å². The summed E-state index contributed by atoms with van der Waals surface area (Å²) >= 11 is 0. The fourth-order valence-corrected chi connectivity index (χ4v) is 2.67. The van der Waals surface area contributed by atoms with Gasteiger partial charge < -0.3 is 5.32 Å². The molecule has 2 heterocycles. The van der Waals surface area contributed by atoms with E-state index in [4.69, 9.17) is 0 Å². The van der Waals surface area contributed by atoms with E-state index >= 15 is 0 Å². The SMILES string of the molecule is O=C1CCC2(CNC2)C(=O)N1Cc1ccccc1. The van der Waals surface area contributed by atoms with Crippen LogP contribution in [0.4, 0.5) is 0 Å². The summed E-state index contributed by atoms with van der Waals surface area (Å²) in [6.07, 6.45) is 1.18. The van der Waals surface area contributed by atoms with Gasteiger partial charge in [-0.1, -0.05) is 30.3 Å². The Labute approximate surface area is 106 Å². The Balaban J connectivity index is 1.81. The second-order valence-corrected chi connectivity index (χ2v) is 5.15. The Bertz CT molecular complexity index is 480. The number of carbonyl (C=O) groups excluding carboxylic acids is 2. The molecule has 2 saturated heterocycles. The summed E-state index contributed by atoms with van der Waals surface area (Å²) in [5.74, 6) is -0.0391. The number of hydrogen-bond donors (Lipinski definition) is 1. The molecule has 1 spiro atoms. The number of hydrogen-bond acceptors (Lipinski definition) is 3. The molecule has 3 rings (SSSR count). The lowest BCUT2D eigenvalue weighted by molar-refractivity contribution is -0.161. The maximum Gasteiger partial charge on any atom is 0.238 e. The van der Waals surface area contributed by atoms with Gasteiger partial charge in [0.1, 0.15) is 0 Å². The fraction of sp³-hybridized carbons (Fsp3) is 0.429. The molecule has 1 N–H and O–H groups in total. The second-order valence-electron chi connectivity index (χ2n) is 5.15. The van der Waals surface area contributed by atoms with E-state index in [9.17, 15) is 9.59 Å². The summed E-state index contributed by atoms with van der Waals surface area (Å²) in [5, 5.41) is 3.14. The van der Waals surface area contributed by atoms with Crippen LogP contribution < -0.4 is 5.32 Å². The van der Waals surface area contributed by atoms with E-state index in [0.717, 1.165) is 5.56 Å². The van der Waals surface area contributed by atoms with Gasteiger partial charge in [0.25, 0.3) is 0 Å². The number of nitrogens with one attached hydrogen (secondary N) is 1. The normalized spacial score (nSPS) is 22.1. The van der Waals surface area contributed by atoms with E-state index in [1.807, 2.05) is 30.3 Å². The van der Waals surface area contributed by atoms with Crippen molar-refractivity contribution in [1.82, 2.24) is 10.2 Å². The van der Waals surface area contributed by atoms with Gasteiger partial charge in [-0.3, -0.25) is 14.5 Å². The number of amides is 2. The Kier molecular flexibility index (Phi) is 2.67. The van der Waals surface area contributed by atoms with Gasteiger partial charge in [0.15, 0.2) is 0 Å². The molecule has 0 aliphatic carbocycles. The number of piperidine rings is 1. The molecule has 0 radical (unpaired) electrons. The molecule has 0 atom stereocenters. The molecule has 4 nitrogen and oxygen atoms in total. The van der Waals surface area contributed by atoms with Crippen molar-refractivity contribution in [3.05, 3.63) is 35.9 Å². The molecule has 2 aliphatic rings. The summed E-state index contributed by atoms with van der Waals surface area (Å²) < 4.78 is 0. The van der Waals surface area contributed by atoms with Gasteiger partial charge in [-0.05, 0) is 12.0 Å². The molecule has 0 unspecified atom stereocenters. The third kappa shape index (κ3) is 1.73. The van der Waals surface area contributed by atoms with Crippen molar-refractivity contribution in [2.24, 2.45) is 5.41 Å². The monoisotopic (exact) mass is 244 g/mol. The smallest absolute Gasteiger partial charge is 0.238 e. The van der Waals surface area contributed by atoms with E-state index in [1.165, 1.54) is 4.90 Å². The molecule has 2 fully saturated rings. The Hall–Kier alpha value is -1.68. The molecule has 1 aromatic rings. The summed E-state index contributed by atoms with van der Waals surface area (Å²) in [5.41, 5.74) is 0.700. The molecule has 0 saturated carbocycles. The summed E-state index contributed by atoms with van der Waals surface area (Å²) in [6.45, 7) is 1.83. The molecule has 2 amide bonds. The van der Waals surface area contributed by atoms with Gasteiger partial charge in [-0.25, -0.2) is 0 Å². The van der Waals surface area contributed by atoms with Crippen LogP contribution in [0.3, 0.4) is 0 Å². The van der Waals surface area contributed by atoms with Crippen LogP contribution in [0.2, 0.25) is 0 Å². The van der Waals surface area contributed by atoms with Crippen molar-refractivity contribution in [3.63, 3.8) is 0 Å². The number of imide groups is 1. The second kappa shape index (κ2) is 4.21. The van der Waals surface area contributed by atoms with Crippen LogP contribution in [0, 0.1) is 5.41 Å². The van der Waals surface area contributed by atoms with Crippen LogP contribution in [0.25, 0.3) is 0 Å². The predicted molar refractivity (Wildman–Crippen MR) is 66.5 cm³/mol. The van der Waals surface area contributed by atoms with E-state index in [-0.39, 0.29) is 17.2 Å². The lowest BCUT2D eigenvalue weighted by Gasteiger charge is -2.46. The highest BCUT2D eigenvalue weighted by Crippen LogP contribution is 2.35. The van der Waals surface area contributed by atoms with Gasteiger partial charge in [0.2, 0.25) is 11.8 Å². The van der Waals surface area contributed by atoms with Crippen molar-refractivity contribution in [3.8, 4) is 0 Å². The summed E-state index contributed by atoms with van der Waals surface area (Å²) in [6, 6.07) is 9.67. The molecular weight excluding hydrogens is 228 g/mol. The Morgan fingerprint density at radius 1 is 1.17 bits per heavy atom. The number of nitrogens with zero attached hydrogens (tertiary/aromatic N) is 1. The highest BCUT2D eigenvalue weighted by atomic mass is 16.2. The number of likely N-dealkylation sites (tertiary alicyclic amines) is 1. The Morgan fingerprint density at radius 2 is 1.89 bits per heavy atom. The van der Waals surface area contributed by atoms with Crippen molar-refractivity contribution >= 4 is 11.8 Å². The lowest BCUT2D eigenvalue weighted by atomic mass is 9.74. The minimum Gasteiger partial charge on any atom is -0.314 e. The molecule has 0 aromatic heterocycles. The van der Waals surface area contributed by atoms with Gasteiger partial charge in [0.05, 0.1) is 12.0 Å². The van der Waals surface area contributed by atoms with Crippen molar-refractivity contribution in [2.75, 3.05) is 13.1 Å². The van der Waals surface area contributed by atoms with E-state index in [1.54, 1.807) is 0 Å². The first kappa shape index (κ1) is 11.4. The van der Waals surface area contributed by atoms with Crippen LogP contribution in [0.1, 0.15) is 18.4 Å². The third-order valence-electron chi connectivity index (χ3n) is 3.93. The van der Waals surface area contributed by atoms with Crippen LogP contribution in [0.5, 0.6) is 0 Å². The molecular formula is C14H16N2O2. The van der Waals surface area contributed by atoms with Crippen LogP contribution in [-0.4, -0.2) is 29.8 Å². The topological polar surface area (TPSA) is 49.4 Å². The highest BCUT2D eigenvalue weighted by molar-refractivity contribution is 6.01. The molecule has 18 heavy (non-hydrogen) atoms. The van der Waals surface area contributed by atoms with Crippen LogP contribution >= 0.6 is 0 Å². The standard InChI is InChI=1S/C14H16N2O2/c17-12-6-7-14(9-15-10-14)13(18)16(12)8-11-4-2-1-3-5-11/h1-5,15H,6-10H2. The van der Waals surface area contributed by atoms with Crippen molar-refractivity contribution in [1.29, 1.82) is 0 Å². The molecule has 2 aliphatic heterocycles. The fourth-order valence-electron chi connectivity index (χ4n) is 2.67. The van der Waals surface area contributed by atoms with Gasteiger partial charge >= 0.3 is 0 Å². The molecule has 4 heteroatoms. The first-order valence-electron chi connectivity index (χ1n) is 6.31. The average molecular weight is 244 g/mol.